The minimum absolute atomic E-state index is 0.0504. The van der Waals surface area contributed by atoms with Gasteiger partial charge in [0.25, 0.3) is 0 Å². The van der Waals surface area contributed by atoms with E-state index in [2.05, 4.69) is 66.0 Å². The van der Waals surface area contributed by atoms with Crippen LogP contribution in [-0.2, 0) is 9.53 Å². The molecule has 120 valence electrons. The van der Waals surface area contributed by atoms with E-state index in [4.69, 9.17) is 4.74 Å². The Hall–Kier alpha value is -2.13. The topological polar surface area (TPSA) is 38.3 Å². The van der Waals surface area contributed by atoms with Crippen LogP contribution in [0.15, 0.2) is 60.7 Å². The van der Waals surface area contributed by atoms with E-state index in [0.717, 1.165) is 25.9 Å². The molecule has 0 amide bonds. The minimum Gasteiger partial charge on any atom is -0.461 e. The molecule has 1 heterocycles. The van der Waals surface area contributed by atoms with Gasteiger partial charge < -0.3 is 10.1 Å². The van der Waals surface area contributed by atoms with Crippen LogP contribution >= 0.6 is 0 Å². The molecule has 0 bridgehead atoms. The van der Waals surface area contributed by atoms with Gasteiger partial charge in [-0.25, -0.2) is 0 Å². The average Bonchev–Trinajstić information content (AvgIpc) is 3.02. The van der Waals surface area contributed by atoms with Crippen molar-refractivity contribution in [2.75, 3.05) is 13.1 Å². The SMILES string of the molecule is O=C1CC[C@H](CNCCC(c2ccccc2)c2ccccc2)O1. The molecule has 0 aromatic heterocycles. The molecule has 1 N–H and O–H groups in total. The standard InChI is InChI=1S/C20H23NO2/c22-20-12-11-18(23-20)15-21-14-13-19(16-7-3-1-4-8-16)17-9-5-2-6-10-17/h1-10,18-19,21H,11-15H2/t18-/m1/s1. The summed E-state index contributed by atoms with van der Waals surface area (Å²) in [6, 6.07) is 21.2. The van der Waals surface area contributed by atoms with Crippen LogP contribution in [0.4, 0.5) is 0 Å². The van der Waals surface area contributed by atoms with Crippen molar-refractivity contribution in [3.63, 3.8) is 0 Å². The van der Waals surface area contributed by atoms with Gasteiger partial charge in [0, 0.05) is 18.9 Å². The molecule has 1 aliphatic rings. The Morgan fingerprint density at radius 3 is 2.13 bits per heavy atom. The van der Waals surface area contributed by atoms with Crippen LogP contribution in [-0.4, -0.2) is 25.2 Å². The lowest BCUT2D eigenvalue weighted by molar-refractivity contribution is -0.141. The van der Waals surface area contributed by atoms with Crippen molar-refractivity contribution in [2.45, 2.75) is 31.3 Å². The van der Waals surface area contributed by atoms with Gasteiger partial charge in [-0.15, -0.1) is 0 Å². The second-order valence-corrected chi connectivity index (χ2v) is 6.02. The lowest BCUT2D eigenvalue weighted by Crippen LogP contribution is -2.28. The molecule has 3 heteroatoms. The fourth-order valence-electron chi connectivity index (χ4n) is 3.13. The second-order valence-electron chi connectivity index (χ2n) is 6.02. The zero-order chi connectivity index (χ0) is 15.9. The first-order valence-electron chi connectivity index (χ1n) is 8.33. The number of benzene rings is 2. The highest BCUT2D eigenvalue weighted by Crippen LogP contribution is 2.27. The Balaban J connectivity index is 1.57. The summed E-state index contributed by atoms with van der Waals surface area (Å²) in [5.74, 6) is 0.319. The van der Waals surface area contributed by atoms with Crippen molar-refractivity contribution in [1.82, 2.24) is 5.32 Å². The third kappa shape index (κ3) is 4.42. The van der Waals surface area contributed by atoms with Gasteiger partial charge in [0.05, 0.1) is 0 Å². The van der Waals surface area contributed by atoms with Gasteiger partial charge in [0.15, 0.2) is 0 Å². The largest absolute Gasteiger partial charge is 0.461 e. The third-order valence-corrected chi connectivity index (χ3v) is 4.35. The maximum absolute atomic E-state index is 11.1. The maximum Gasteiger partial charge on any atom is 0.306 e. The third-order valence-electron chi connectivity index (χ3n) is 4.35. The predicted molar refractivity (Wildman–Crippen MR) is 91.3 cm³/mol. The molecule has 1 atom stereocenters. The monoisotopic (exact) mass is 309 g/mol. The summed E-state index contributed by atoms with van der Waals surface area (Å²) in [6.07, 6.45) is 2.47. The van der Waals surface area contributed by atoms with E-state index in [1.165, 1.54) is 11.1 Å². The van der Waals surface area contributed by atoms with Gasteiger partial charge in [-0.3, -0.25) is 4.79 Å². The Labute approximate surface area is 137 Å². The number of cyclic esters (lactones) is 1. The molecule has 2 aromatic carbocycles. The number of nitrogens with one attached hydrogen (secondary N) is 1. The van der Waals surface area contributed by atoms with Gasteiger partial charge in [-0.1, -0.05) is 60.7 Å². The van der Waals surface area contributed by atoms with Crippen LogP contribution in [0, 0.1) is 0 Å². The van der Waals surface area contributed by atoms with Crippen molar-refractivity contribution >= 4 is 5.97 Å². The van der Waals surface area contributed by atoms with E-state index in [-0.39, 0.29) is 12.1 Å². The van der Waals surface area contributed by atoms with Crippen LogP contribution in [0.1, 0.15) is 36.3 Å². The number of esters is 1. The van der Waals surface area contributed by atoms with E-state index >= 15 is 0 Å². The summed E-state index contributed by atoms with van der Waals surface area (Å²) in [7, 11) is 0. The van der Waals surface area contributed by atoms with E-state index < -0.39 is 0 Å². The molecule has 23 heavy (non-hydrogen) atoms. The molecule has 0 saturated carbocycles. The molecule has 3 nitrogen and oxygen atoms in total. The average molecular weight is 309 g/mol. The summed E-state index contributed by atoms with van der Waals surface area (Å²) in [6.45, 7) is 1.66. The van der Waals surface area contributed by atoms with Gasteiger partial charge >= 0.3 is 5.97 Å². The highest BCUT2D eigenvalue weighted by atomic mass is 16.5. The van der Waals surface area contributed by atoms with Gasteiger partial charge in [-0.2, -0.15) is 0 Å². The molecule has 3 rings (SSSR count). The van der Waals surface area contributed by atoms with Gasteiger partial charge in [0.1, 0.15) is 6.10 Å². The highest BCUT2D eigenvalue weighted by molar-refractivity contribution is 5.71. The molecular weight excluding hydrogens is 286 g/mol. The normalized spacial score (nSPS) is 17.4. The van der Waals surface area contributed by atoms with Crippen LogP contribution < -0.4 is 5.32 Å². The number of carbonyl (C=O) groups is 1. The van der Waals surface area contributed by atoms with Crippen molar-refractivity contribution < 1.29 is 9.53 Å². The van der Waals surface area contributed by atoms with Crippen LogP contribution in [0.5, 0.6) is 0 Å². The molecule has 1 fully saturated rings. The molecular formula is C20H23NO2. The Kier molecular flexibility index (Phi) is 5.43. The molecule has 0 radical (unpaired) electrons. The highest BCUT2D eigenvalue weighted by Gasteiger charge is 2.22. The van der Waals surface area contributed by atoms with Crippen LogP contribution in [0.3, 0.4) is 0 Å². The number of ether oxygens (including phenoxy) is 1. The summed E-state index contributed by atoms with van der Waals surface area (Å²) in [5.41, 5.74) is 2.68. The number of hydrogen-bond donors (Lipinski definition) is 1. The first-order valence-corrected chi connectivity index (χ1v) is 8.33. The van der Waals surface area contributed by atoms with E-state index in [1.54, 1.807) is 0 Å². The van der Waals surface area contributed by atoms with Crippen molar-refractivity contribution in [3.8, 4) is 0 Å². The minimum atomic E-state index is -0.0664. The van der Waals surface area contributed by atoms with Gasteiger partial charge in [-0.05, 0) is 30.5 Å². The fourth-order valence-corrected chi connectivity index (χ4v) is 3.13. The summed E-state index contributed by atoms with van der Waals surface area (Å²) >= 11 is 0. The van der Waals surface area contributed by atoms with Crippen LogP contribution in [0.2, 0.25) is 0 Å². The molecule has 1 aliphatic heterocycles. The molecule has 1 saturated heterocycles. The lowest BCUT2D eigenvalue weighted by Gasteiger charge is -2.19. The number of hydrogen-bond acceptors (Lipinski definition) is 3. The van der Waals surface area contributed by atoms with Crippen molar-refractivity contribution in [1.29, 1.82) is 0 Å². The van der Waals surface area contributed by atoms with Crippen molar-refractivity contribution in [3.05, 3.63) is 71.8 Å². The molecule has 0 unspecified atom stereocenters. The van der Waals surface area contributed by atoms with E-state index in [9.17, 15) is 4.79 Å². The summed E-state index contributed by atoms with van der Waals surface area (Å²) in [4.78, 5) is 11.1. The van der Waals surface area contributed by atoms with E-state index in [0.29, 0.717) is 12.3 Å². The predicted octanol–water partition coefficient (Wildman–Crippen LogP) is 3.50. The van der Waals surface area contributed by atoms with E-state index in [1.807, 2.05) is 0 Å². The second kappa shape index (κ2) is 7.93. The number of rotatable bonds is 7. The number of carbonyl (C=O) groups excluding carboxylic acids is 1. The summed E-state index contributed by atoms with van der Waals surface area (Å²) < 4.78 is 5.24. The molecule has 0 spiro atoms. The Bertz CT molecular complexity index is 573. The quantitative estimate of drug-likeness (QED) is 0.628. The van der Waals surface area contributed by atoms with Crippen molar-refractivity contribution in [2.24, 2.45) is 0 Å². The zero-order valence-electron chi connectivity index (χ0n) is 13.3. The van der Waals surface area contributed by atoms with Gasteiger partial charge in [0.2, 0.25) is 0 Å². The first kappa shape index (κ1) is 15.8. The Morgan fingerprint density at radius 1 is 1.00 bits per heavy atom. The molecule has 0 aliphatic carbocycles. The zero-order valence-corrected chi connectivity index (χ0v) is 13.3. The maximum atomic E-state index is 11.1. The lowest BCUT2D eigenvalue weighted by atomic mass is 9.88. The van der Waals surface area contributed by atoms with Crippen LogP contribution in [0.25, 0.3) is 0 Å². The fraction of sp³-hybridized carbons (Fsp3) is 0.350. The summed E-state index contributed by atoms with van der Waals surface area (Å²) in [5, 5.41) is 3.44. The first-order chi connectivity index (χ1) is 11.3. The molecule has 2 aromatic rings. The smallest absolute Gasteiger partial charge is 0.306 e. The Morgan fingerprint density at radius 2 is 1.61 bits per heavy atom.